The highest BCUT2D eigenvalue weighted by Crippen LogP contribution is 2.38. The molecule has 0 aliphatic carbocycles. The Labute approximate surface area is 288 Å². The van der Waals surface area contributed by atoms with Crippen LogP contribution in [0.3, 0.4) is 0 Å². The summed E-state index contributed by atoms with van der Waals surface area (Å²) in [5.41, 5.74) is -0.614. The number of aliphatic carboxylic acids is 2. The molecule has 0 bridgehead atoms. The Morgan fingerprint density at radius 2 is 0.922 bits per heavy atom. The lowest BCUT2D eigenvalue weighted by Crippen LogP contribution is -2.30. The minimum Gasteiger partial charge on any atom is -0.505 e. The van der Waals surface area contributed by atoms with Crippen LogP contribution in [0.25, 0.3) is 21.5 Å². The van der Waals surface area contributed by atoms with E-state index in [0.29, 0.717) is 33.8 Å². The first-order chi connectivity index (χ1) is 24.6. The monoisotopic (exact) mass is 688 g/mol. The summed E-state index contributed by atoms with van der Waals surface area (Å²) in [5.74, 6) is -3.81. The fourth-order valence-corrected chi connectivity index (χ4v) is 5.29. The van der Waals surface area contributed by atoms with E-state index in [-0.39, 0.29) is 28.6 Å². The van der Waals surface area contributed by atoms with Crippen LogP contribution < -0.4 is 20.1 Å². The van der Waals surface area contributed by atoms with Crippen LogP contribution in [0.2, 0.25) is 0 Å². The number of ether oxygens (including phenoxy) is 2. The number of aromatic nitrogens is 2. The third-order valence-corrected chi connectivity index (χ3v) is 7.58. The number of nitrogens with zero attached hydrogens (tertiary/aromatic N) is 2. The average Bonchev–Trinajstić information content (AvgIpc) is 3.12. The Kier molecular flexibility index (Phi) is 9.57. The quantitative estimate of drug-likeness (QED) is 0.100. The predicted octanol–water partition coefficient (Wildman–Crippen LogP) is 5.00. The fourth-order valence-electron chi connectivity index (χ4n) is 5.29. The number of rotatable bonds is 12. The van der Waals surface area contributed by atoms with Gasteiger partial charge in [0, 0.05) is 28.0 Å². The summed E-state index contributed by atoms with van der Waals surface area (Å²) in [6.07, 6.45) is -0.213. The first-order valence-corrected chi connectivity index (χ1v) is 15.3. The molecule has 0 spiro atoms. The topological polar surface area (TPSA) is 217 Å². The number of nitrogens with one attached hydrogen (secondary N) is 2. The molecule has 256 valence electrons. The number of hydrogen-bond donors (Lipinski definition) is 6. The minimum atomic E-state index is -1.31. The molecule has 6 rings (SSSR count). The van der Waals surface area contributed by atoms with E-state index in [1.54, 1.807) is 72.8 Å². The van der Waals surface area contributed by atoms with Gasteiger partial charge < -0.3 is 40.5 Å². The van der Waals surface area contributed by atoms with Crippen molar-refractivity contribution in [1.29, 1.82) is 0 Å². The van der Waals surface area contributed by atoms with Crippen LogP contribution in [-0.4, -0.2) is 67.2 Å². The van der Waals surface area contributed by atoms with Gasteiger partial charge in [0.15, 0.2) is 22.9 Å². The predicted molar refractivity (Wildman–Crippen MR) is 183 cm³/mol. The molecule has 2 amide bonds. The maximum Gasteiger partial charge on any atom is 0.322 e. The van der Waals surface area contributed by atoms with Crippen molar-refractivity contribution < 1.29 is 49.1 Å². The SMILES string of the molecule is O=C(O)CNC(=O)c1nc(Cc2nc(C(=O)NCC(=O)O)c(O)c3ccc(Oc4ccccc4)cc23)c2cc(Oc3ccccc3)ccc2c1O. The maximum atomic E-state index is 13.1. The number of para-hydroxylation sites is 2. The summed E-state index contributed by atoms with van der Waals surface area (Å²) < 4.78 is 12.0. The van der Waals surface area contributed by atoms with E-state index >= 15 is 0 Å². The number of hydrogen-bond acceptors (Lipinski definition) is 10. The first-order valence-electron chi connectivity index (χ1n) is 15.3. The van der Waals surface area contributed by atoms with Crippen molar-refractivity contribution in [2.75, 3.05) is 13.1 Å². The third-order valence-electron chi connectivity index (χ3n) is 7.58. The molecule has 0 saturated heterocycles. The molecule has 0 aliphatic rings. The third kappa shape index (κ3) is 7.60. The van der Waals surface area contributed by atoms with Crippen molar-refractivity contribution in [2.45, 2.75) is 6.42 Å². The normalized spacial score (nSPS) is 10.8. The van der Waals surface area contributed by atoms with Crippen LogP contribution in [0.1, 0.15) is 32.4 Å². The van der Waals surface area contributed by atoms with Crippen LogP contribution in [0.5, 0.6) is 34.5 Å². The van der Waals surface area contributed by atoms with Crippen molar-refractivity contribution in [3.05, 3.63) is 120 Å². The lowest BCUT2D eigenvalue weighted by Gasteiger charge is -2.16. The number of carbonyl (C=O) groups is 4. The summed E-state index contributed by atoms with van der Waals surface area (Å²) >= 11 is 0. The zero-order chi connectivity index (χ0) is 36.1. The van der Waals surface area contributed by atoms with Crippen molar-refractivity contribution in [3.63, 3.8) is 0 Å². The van der Waals surface area contributed by atoms with Gasteiger partial charge in [0.1, 0.15) is 36.1 Å². The smallest absolute Gasteiger partial charge is 0.322 e. The number of carbonyl (C=O) groups excluding carboxylic acids is 2. The second-order valence-corrected chi connectivity index (χ2v) is 11.1. The molecule has 0 atom stereocenters. The largest absolute Gasteiger partial charge is 0.505 e. The zero-order valence-electron chi connectivity index (χ0n) is 26.5. The van der Waals surface area contributed by atoms with E-state index < -0.39 is 59.7 Å². The molecular weight excluding hydrogens is 660 g/mol. The molecule has 4 aromatic carbocycles. The molecule has 6 aromatic rings. The number of fused-ring (bicyclic) bond motifs is 2. The summed E-state index contributed by atoms with van der Waals surface area (Å²) in [7, 11) is 0. The average molecular weight is 689 g/mol. The molecule has 14 nitrogen and oxygen atoms in total. The highest BCUT2D eigenvalue weighted by Gasteiger charge is 2.24. The number of carboxylic acids is 2. The van der Waals surface area contributed by atoms with Gasteiger partial charge in [-0.3, -0.25) is 19.2 Å². The number of aromatic hydroxyl groups is 2. The molecule has 6 N–H and O–H groups in total. The van der Waals surface area contributed by atoms with Gasteiger partial charge in [-0.2, -0.15) is 0 Å². The molecular formula is C37H28N4O10. The highest BCUT2D eigenvalue weighted by molar-refractivity contribution is 6.05. The van der Waals surface area contributed by atoms with Crippen molar-refractivity contribution in [3.8, 4) is 34.5 Å². The van der Waals surface area contributed by atoms with Crippen LogP contribution in [0.4, 0.5) is 0 Å². The van der Waals surface area contributed by atoms with Crippen LogP contribution in [0, 0.1) is 0 Å². The Bertz CT molecular complexity index is 2150. The summed E-state index contributed by atoms with van der Waals surface area (Å²) in [4.78, 5) is 57.4. The van der Waals surface area contributed by atoms with Gasteiger partial charge in [0.05, 0.1) is 11.4 Å². The lowest BCUT2D eigenvalue weighted by atomic mass is 9.99. The van der Waals surface area contributed by atoms with Gasteiger partial charge in [-0.25, -0.2) is 9.97 Å². The Morgan fingerprint density at radius 3 is 1.29 bits per heavy atom. The van der Waals surface area contributed by atoms with Crippen molar-refractivity contribution in [2.24, 2.45) is 0 Å². The lowest BCUT2D eigenvalue weighted by molar-refractivity contribution is -0.136. The molecule has 2 heterocycles. The Hall–Kier alpha value is -7.22. The molecule has 51 heavy (non-hydrogen) atoms. The van der Waals surface area contributed by atoms with E-state index in [1.807, 2.05) is 12.1 Å². The number of amides is 2. The van der Waals surface area contributed by atoms with Crippen molar-refractivity contribution >= 4 is 45.3 Å². The van der Waals surface area contributed by atoms with E-state index in [4.69, 9.17) is 19.7 Å². The molecule has 14 heteroatoms. The van der Waals surface area contributed by atoms with E-state index in [2.05, 4.69) is 20.6 Å². The van der Waals surface area contributed by atoms with Gasteiger partial charge in [0.2, 0.25) is 0 Å². The number of benzene rings is 4. The number of carboxylic acid groups (broad SMARTS) is 2. The summed E-state index contributed by atoms with van der Waals surface area (Å²) in [6, 6.07) is 27.2. The van der Waals surface area contributed by atoms with Crippen LogP contribution in [-0.2, 0) is 16.0 Å². The first kappa shape index (κ1) is 33.7. The Morgan fingerprint density at radius 1 is 0.529 bits per heavy atom. The number of pyridine rings is 2. The van der Waals surface area contributed by atoms with Crippen LogP contribution in [0.15, 0.2) is 97.1 Å². The molecule has 0 unspecified atom stereocenters. The van der Waals surface area contributed by atoms with Gasteiger partial charge in [0.25, 0.3) is 11.8 Å². The van der Waals surface area contributed by atoms with Gasteiger partial charge in [-0.1, -0.05) is 36.4 Å². The Balaban J connectivity index is 1.53. The van der Waals surface area contributed by atoms with Gasteiger partial charge >= 0.3 is 11.9 Å². The highest BCUT2D eigenvalue weighted by atomic mass is 16.5. The molecule has 0 fully saturated rings. The summed E-state index contributed by atoms with van der Waals surface area (Å²) in [5, 5.41) is 46.0. The molecule has 2 aromatic heterocycles. The fraction of sp³-hybridized carbons (Fsp3) is 0.0811. The minimum absolute atomic E-state index is 0.160. The van der Waals surface area contributed by atoms with Crippen molar-refractivity contribution in [1.82, 2.24) is 20.6 Å². The zero-order valence-corrected chi connectivity index (χ0v) is 26.5. The second kappa shape index (κ2) is 14.5. The molecule has 0 radical (unpaired) electrons. The molecule has 0 saturated carbocycles. The standard InChI is InChI=1S/C37H28N4O10/c42-30(43)18-38-36(48)32-34(46)24-13-11-22(50-20-7-3-1-4-8-20)15-26(24)28(40-32)17-29-27-16-23(51-21-9-5-2-6-10-21)12-14-25(27)35(47)33(41-29)37(49)39-19-31(44)45/h1-16,46-47H,17-19H2,(H,38,48)(H,39,49)(H,42,43)(H,44,45). The second-order valence-electron chi connectivity index (χ2n) is 11.1. The summed E-state index contributed by atoms with van der Waals surface area (Å²) in [6.45, 7) is -1.47. The van der Waals surface area contributed by atoms with E-state index in [1.165, 1.54) is 12.1 Å². The van der Waals surface area contributed by atoms with E-state index in [9.17, 15) is 29.4 Å². The molecule has 0 aliphatic heterocycles. The van der Waals surface area contributed by atoms with Crippen LogP contribution >= 0.6 is 0 Å². The van der Waals surface area contributed by atoms with Gasteiger partial charge in [-0.15, -0.1) is 0 Å². The van der Waals surface area contributed by atoms with Gasteiger partial charge in [-0.05, 0) is 60.7 Å². The maximum absolute atomic E-state index is 13.1. The van der Waals surface area contributed by atoms with E-state index in [0.717, 1.165) is 0 Å².